The van der Waals surface area contributed by atoms with Crippen LogP contribution in [0.25, 0.3) is 0 Å². The van der Waals surface area contributed by atoms with Gasteiger partial charge >= 0.3 is 11.8 Å². The molecule has 160 valence electrons. The molecule has 0 atom stereocenters. The van der Waals surface area contributed by atoms with Crippen molar-refractivity contribution < 1.29 is 9.59 Å². The molecule has 2 amide bonds. The molecule has 30 heavy (non-hydrogen) atoms. The van der Waals surface area contributed by atoms with Gasteiger partial charge in [0.2, 0.25) is 0 Å². The lowest BCUT2D eigenvalue weighted by molar-refractivity contribution is -0.136. The van der Waals surface area contributed by atoms with Gasteiger partial charge in [-0.25, -0.2) is 0 Å². The number of nitrogens with one attached hydrogen (secondary N) is 2. The lowest BCUT2D eigenvalue weighted by Gasteiger charge is -2.34. The van der Waals surface area contributed by atoms with Crippen LogP contribution in [0.1, 0.15) is 18.1 Å². The third kappa shape index (κ3) is 6.93. The Morgan fingerprint density at radius 3 is 2.10 bits per heavy atom. The number of halogens is 1. The summed E-state index contributed by atoms with van der Waals surface area (Å²) in [5, 5.41) is 5.36. The zero-order valence-electron chi connectivity index (χ0n) is 17.4. The van der Waals surface area contributed by atoms with Crippen molar-refractivity contribution in [2.75, 3.05) is 44.6 Å². The molecule has 2 aromatic carbocycles. The van der Waals surface area contributed by atoms with Gasteiger partial charge in [-0.05, 0) is 41.8 Å². The maximum atomic E-state index is 12.0. The predicted molar refractivity (Wildman–Crippen MR) is 123 cm³/mol. The molecule has 0 saturated carbocycles. The third-order valence-corrected chi connectivity index (χ3v) is 5.85. The number of aryl methyl sites for hydroxylation is 1. The molecule has 1 aliphatic heterocycles. The van der Waals surface area contributed by atoms with E-state index in [0.717, 1.165) is 50.2 Å². The van der Waals surface area contributed by atoms with Crippen molar-refractivity contribution >= 4 is 33.4 Å². The molecule has 1 aliphatic rings. The third-order valence-electron chi connectivity index (χ3n) is 5.32. The number of rotatable bonds is 7. The van der Waals surface area contributed by atoms with Gasteiger partial charge in [0.1, 0.15) is 0 Å². The Labute approximate surface area is 186 Å². The summed E-state index contributed by atoms with van der Waals surface area (Å²) in [5.41, 5.74) is 3.14. The van der Waals surface area contributed by atoms with Crippen molar-refractivity contribution in [3.05, 3.63) is 64.1 Å². The van der Waals surface area contributed by atoms with Gasteiger partial charge in [-0.15, -0.1) is 0 Å². The van der Waals surface area contributed by atoms with E-state index in [1.807, 2.05) is 24.3 Å². The molecule has 0 bridgehead atoms. The van der Waals surface area contributed by atoms with E-state index >= 15 is 0 Å². The van der Waals surface area contributed by atoms with Crippen molar-refractivity contribution in [1.29, 1.82) is 0 Å². The fourth-order valence-electron chi connectivity index (χ4n) is 3.44. The molecular weight excluding hydrogens is 444 g/mol. The molecule has 2 aromatic rings. The number of nitrogens with zero attached hydrogens (tertiary/aromatic N) is 2. The number of carbonyl (C=O) groups is 2. The van der Waals surface area contributed by atoms with Crippen LogP contribution in [0.4, 0.5) is 5.69 Å². The molecule has 6 nitrogen and oxygen atoms in total. The smallest absolute Gasteiger partial charge is 0.313 e. The quantitative estimate of drug-likeness (QED) is 0.608. The molecule has 2 N–H and O–H groups in total. The number of anilines is 1. The molecule has 1 heterocycles. The molecule has 7 heteroatoms. The normalized spacial score (nSPS) is 15.0. The standard InChI is InChI=1S/C23H29BrN4O2/c1-2-18-5-9-21(10-6-18)26-23(30)22(29)25-11-12-27-13-15-28(16-14-27)17-19-3-7-20(24)8-4-19/h3-10H,2,11-17H2,1H3,(H,25,29)(H,26,30). The molecule has 0 unspecified atom stereocenters. The maximum Gasteiger partial charge on any atom is 0.313 e. The lowest BCUT2D eigenvalue weighted by Crippen LogP contribution is -2.48. The van der Waals surface area contributed by atoms with E-state index in [1.165, 1.54) is 11.1 Å². The van der Waals surface area contributed by atoms with E-state index in [2.05, 4.69) is 67.6 Å². The van der Waals surface area contributed by atoms with Gasteiger partial charge in [0.25, 0.3) is 0 Å². The number of hydrogen-bond acceptors (Lipinski definition) is 4. The molecular formula is C23H29BrN4O2. The van der Waals surface area contributed by atoms with Gasteiger partial charge in [0.05, 0.1) is 0 Å². The highest BCUT2D eigenvalue weighted by Gasteiger charge is 2.18. The van der Waals surface area contributed by atoms with Crippen LogP contribution in [0.15, 0.2) is 53.0 Å². The minimum atomic E-state index is -0.626. The van der Waals surface area contributed by atoms with E-state index in [4.69, 9.17) is 0 Å². The van der Waals surface area contributed by atoms with Gasteiger partial charge in [-0.2, -0.15) is 0 Å². The summed E-state index contributed by atoms with van der Waals surface area (Å²) < 4.78 is 1.10. The summed E-state index contributed by atoms with van der Waals surface area (Å²) in [7, 11) is 0. The Morgan fingerprint density at radius 2 is 1.47 bits per heavy atom. The van der Waals surface area contributed by atoms with E-state index in [1.54, 1.807) is 0 Å². The van der Waals surface area contributed by atoms with Gasteiger partial charge in [0, 0.05) is 56.0 Å². The van der Waals surface area contributed by atoms with Crippen LogP contribution in [-0.2, 0) is 22.6 Å². The maximum absolute atomic E-state index is 12.0. The fourth-order valence-corrected chi connectivity index (χ4v) is 3.70. The Morgan fingerprint density at radius 1 is 0.867 bits per heavy atom. The van der Waals surface area contributed by atoms with Crippen molar-refractivity contribution in [3.63, 3.8) is 0 Å². The Hall–Kier alpha value is -2.22. The summed E-state index contributed by atoms with van der Waals surface area (Å²) in [5.74, 6) is -1.22. The second-order valence-corrected chi connectivity index (χ2v) is 8.42. The number of hydrogen-bond donors (Lipinski definition) is 2. The Bertz CT molecular complexity index is 831. The van der Waals surface area contributed by atoms with Crippen LogP contribution in [0.3, 0.4) is 0 Å². The number of carbonyl (C=O) groups excluding carboxylic acids is 2. The number of piperazine rings is 1. The minimum absolute atomic E-state index is 0.466. The van der Waals surface area contributed by atoms with E-state index in [-0.39, 0.29) is 0 Å². The molecule has 1 fully saturated rings. The van der Waals surface area contributed by atoms with Gasteiger partial charge in [-0.3, -0.25) is 19.4 Å². The van der Waals surface area contributed by atoms with Crippen LogP contribution in [0.5, 0.6) is 0 Å². The first-order valence-electron chi connectivity index (χ1n) is 10.4. The van der Waals surface area contributed by atoms with Gasteiger partial charge in [-0.1, -0.05) is 47.1 Å². The fraction of sp³-hybridized carbons (Fsp3) is 0.391. The van der Waals surface area contributed by atoms with E-state index in [0.29, 0.717) is 12.2 Å². The Balaban J connectivity index is 1.32. The second kappa shape index (κ2) is 11.2. The number of amides is 2. The van der Waals surface area contributed by atoms with Crippen LogP contribution in [0.2, 0.25) is 0 Å². The van der Waals surface area contributed by atoms with Crippen LogP contribution in [-0.4, -0.2) is 60.9 Å². The van der Waals surface area contributed by atoms with E-state index < -0.39 is 11.8 Å². The minimum Gasteiger partial charge on any atom is -0.347 e. The summed E-state index contributed by atoms with van der Waals surface area (Å²) >= 11 is 3.47. The van der Waals surface area contributed by atoms with Crippen molar-refractivity contribution in [3.8, 4) is 0 Å². The summed E-state index contributed by atoms with van der Waals surface area (Å²) in [4.78, 5) is 28.8. The first kappa shape index (κ1) is 22.5. The number of benzene rings is 2. The summed E-state index contributed by atoms with van der Waals surface area (Å²) in [6, 6.07) is 16.0. The highest BCUT2D eigenvalue weighted by molar-refractivity contribution is 9.10. The van der Waals surface area contributed by atoms with Crippen LogP contribution in [0, 0.1) is 0 Å². The topological polar surface area (TPSA) is 64.7 Å². The van der Waals surface area contributed by atoms with E-state index in [9.17, 15) is 9.59 Å². The molecule has 0 spiro atoms. The highest BCUT2D eigenvalue weighted by Crippen LogP contribution is 2.13. The predicted octanol–water partition coefficient (Wildman–Crippen LogP) is 2.88. The molecule has 3 rings (SSSR count). The lowest BCUT2D eigenvalue weighted by atomic mass is 10.1. The van der Waals surface area contributed by atoms with Gasteiger partial charge < -0.3 is 10.6 Å². The zero-order valence-corrected chi connectivity index (χ0v) is 19.0. The largest absolute Gasteiger partial charge is 0.347 e. The Kier molecular flexibility index (Phi) is 8.42. The average Bonchev–Trinajstić information content (AvgIpc) is 2.77. The van der Waals surface area contributed by atoms with Crippen LogP contribution < -0.4 is 10.6 Å². The van der Waals surface area contributed by atoms with Crippen molar-refractivity contribution in [2.45, 2.75) is 19.9 Å². The monoisotopic (exact) mass is 472 g/mol. The second-order valence-electron chi connectivity index (χ2n) is 7.50. The first-order valence-corrected chi connectivity index (χ1v) is 11.2. The average molecular weight is 473 g/mol. The SMILES string of the molecule is CCc1ccc(NC(=O)C(=O)NCCN2CCN(Cc3ccc(Br)cc3)CC2)cc1. The molecule has 0 radical (unpaired) electrons. The van der Waals surface area contributed by atoms with Gasteiger partial charge in [0.15, 0.2) is 0 Å². The molecule has 1 saturated heterocycles. The first-order chi connectivity index (χ1) is 14.5. The molecule has 0 aliphatic carbocycles. The molecule has 0 aromatic heterocycles. The zero-order chi connectivity index (χ0) is 21.3. The van der Waals surface area contributed by atoms with Crippen LogP contribution >= 0.6 is 15.9 Å². The van der Waals surface area contributed by atoms with Crippen molar-refractivity contribution in [2.24, 2.45) is 0 Å². The van der Waals surface area contributed by atoms with Crippen molar-refractivity contribution in [1.82, 2.24) is 15.1 Å². The summed E-state index contributed by atoms with van der Waals surface area (Å²) in [6.45, 7) is 8.16. The summed E-state index contributed by atoms with van der Waals surface area (Å²) in [6.07, 6.45) is 0.938. The highest BCUT2D eigenvalue weighted by atomic mass is 79.9.